The van der Waals surface area contributed by atoms with Crippen molar-refractivity contribution in [3.63, 3.8) is 0 Å². The van der Waals surface area contributed by atoms with E-state index in [1.54, 1.807) is 0 Å². The molecule has 2 amide bonds. The van der Waals surface area contributed by atoms with Gasteiger partial charge < -0.3 is 14.5 Å². The fraction of sp³-hybridized carbons (Fsp3) is 0.619. The summed E-state index contributed by atoms with van der Waals surface area (Å²) in [7, 11) is 0. The third-order valence-electron chi connectivity index (χ3n) is 5.38. The van der Waals surface area contributed by atoms with Gasteiger partial charge in [-0.2, -0.15) is 0 Å². The number of carbonyl (C=O) groups excluding carboxylic acids is 2. The molecule has 2 heterocycles. The molecule has 1 aromatic carbocycles. The first-order chi connectivity index (χ1) is 12.4. The molecule has 142 valence electrons. The van der Waals surface area contributed by atoms with Crippen molar-refractivity contribution in [2.24, 2.45) is 5.92 Å². The van der Waals surface area contributed by atoms with Crippen LogP contribution in [0.15, 0.2) is 24.3 Å². The molecule has 0 aliphatic carbocycles. The van der Waals surface area contributed by atoms with Crippen LogP contribution in [0.2, 0.25) is 0 Å². The minimum Gasteiger partial charge on any atom is -0.378 e. The number of ether oxygens (including phenoxy) is 1. The maximum atomic E-state index is 12.9. The van der Waals surface area contributed by atoms with Gasteiger partial charge >= 0.3 is 0 Å². The van der Waals surface area contributed by atoms with E-state index in [1.165, 1.54) is 5.56 Å². The van der Waals surface area contributed by atoms with Crippen LogP contribution in [-0.4, -0.2) is 61.0 Å². The first kappa shape index (κ1) is 18.9. The Morgan fingerprint density at radius 2 is 1.65 bits per heavy atom. The van der Waals surface area contributed by atoms with Crippen molar-refractivity contribution < 1.29 is 14.3 Å². The summed E-state index contributed by atoms with van der Waals surface area (Å²) in [6, 6.07) is 7.90. The summed E-state index contributed by atoms with van der Waals surface area (Å²) in [6.45, 7) is 10.3. The van der Waals surface area contributed by atoms with Crippen molar-refractivity contribution in [2.75, 3.05) is 39.4 Å². The second kappa shape index (κ2) is 7.78. The zero-order chi connectivity index (χ0) is 18.7. The number of likely N-dealkylation sites (tertiary alicyclic amines) is 1. The standard InChI is InChI=1S/C21H30N2O3/c1-21(2,3)18-8-6-16(7-9-18)19(24)23-10-4-5-17(15-23)20(25)22-11-13-26-14-12-22/h6-9,17H,4-5,10-15H2,1-3H3. The molecule has 26 heavy (non-hydrogen) atoms. The molecular formula is C21H30N2O3. The highest BCUT2D eigenvalue weighted by Gasteiger charge is 2.32. The van der Waals surface area contributed by atoms with E-state index in [0.717, 1.165) is 19.4 Å². The van der Waals surface area contributed by atoms with Gasteiger partial charge in [0.1, 0.15) is 0 Å². The number of hydrogen-bond acceptors (Lipinski definition) is 3. The minimum absolute atomic E-state index is 0.0323. The van der Waals surface area contributed by atoms with Crippen LogP contribution in [0.5, 0.6) is 0 Å². The topological polar surface area (TPSA) is 49.9 Å². The lowest BCUT2D eigenvalue weighted by Crippen LogP contribution is -2.49. The molecular weight excluding hydrogens is 328 g/mol. The molecule has 1 aromatic rings. The largest absolute Gasteiger partial charge is 0.378 e. The summed E-state index contributed by atoms with van der Waals surface area (Å²) in [5.74, 6) is 0.124. The molecule has 2 aliphatic heterocycles. The molecule has 0 N–H and O–H groups in total. The summed E-state index contributed by atoms with van der Waals surface area (Å²) in [5, 5.41) is 0. The van der Waals surface area contributed by atoms with E-state index in [4.69, 9.17) is 4.74 Å². The lowest BCUT2D eigenvalue weighted by atomic mass is 9.86. The number of carbonyl (C=O) groups is 2. The van der Waals surface area contributed by atoms with Crippen molar-refractivity contribution in [1.82, 2.24) is 9.80 Å². The predicted molar refractivity (Wildman–Crippen MR) is 101 cm³/mol. The van der Waals surface area contributed by atoms with Crippen molar-refractivity contribution in [2.45, 2.75) is 39.0 Å². The number of morpholine rings is 1. The van der Waals surface area contributed by atoms with Crippen LogP contribution in [0.3, 0.4) is 0 Å². The second-order valence-corrected chi connectivity index (χ2v) is 8.36. The van der Waals surface area contributed by atoms with Crippen LogP contribution < -0.4 is 0 Å². The third kappa shape index (κ3) is 4.26. The SMILES string of the molecule is CC(C)(C)c1ccc(C(=O)N2CCCC(C(=O)N3CCOCC3)C2)cc1. The molecule has 2 fully saturated rings. The number of rotatable bonds is 2. The van der Waals surface area contributed by atoms with Gasteiger partial charge in [-0.3, -0.25) is 9.59 Å². The van der Waals surface area contributed by atoms with E-state index < -0.39 is 0 Å². The van der Waals surface area contributed by atoms with Crippen LogP contribution in [0, 0.1) is 5.92 Å². The maximum absolute atomic E-state index is 12.9. The summed E-state index contributed by atoms with van der Waals surface area (Å²) in [5.41, 5.74) is 1.99. The maximum Gasteiger partial charge on any atom is 0.253 e. The highest BCUT2D eigenvalue weighted by Crippen LogP contribution is 2.24. The fourth-order valence-corrected chi connectivity index (χ4v) is 3.70. The Labute approximate surface area is 156 Å². The Kier molecular flexibility index (Phi) is 5.66. The van der Waals surface area contributed by atoms with E-state index in [0.29, 0.717) is 38.4 Å². The fourth-order valence-electron chi connectivity index (χ4n) is 3.70. The summed E-state index contributed by atoms with van der Waals surface area (Å²) in [6.07, 6.45) is 1.75. The van der Waals surface area contributed by atoms with E-state index in [1.807, 2.05) is 34.1 Å². The van der Waals surface area contributed by atoms with Crippen LogP contribution in [0.1, 0.15) is 49.5 Å². The quantitative estimate of drug-likeness (QED) is 0.817. The van der Waals surface area contributed by atoms with Crippen molar-refractivity contribution in [1.29, 1.82) is 0 Å². The molecule has 5 heteroatoms. The first-order valence-electron chi connectivity index (χ1n) is 9.62. The Hall–Kier alpha value is -1.88. The number of hydrogen-bond donors (Lipinski definition) is 0. The molecule has 2 aliphatic rings. The molecule has 0 radical (unpaired) electrons. The van der Waals surface area contributed by atoms with E-state index in [2.05, 4.69) is 20.8 Å². The number of piperidine rings is 1. The normalized spacial score (nSPS) is 21.6. The van der Waals surface area contributed by atoms with Crippen molar-refractivity contribution >= 4 is 11.8 Å². The van der Waals surface area contributed by atoms with Gasteiger partial charge in [0, 0.05) is 31.7 Å². The highest BCUT2D eigenvalue weighted by molar-refractivity contribution is 5.94. The molecule has 5 nitrogen and oxygen atoms in total. The van der Waals surface area contributed by atoms with Gasteiger partial charge in [-0.15, -0.1) is 0 Å². The van der Waals surface area contributed by atoms with Gasteiger partial charge in [0.05, 0.1) is 19.1 Å². The summed E-state index contributed by atoms with van der Waals surface area (Å²) in [4.78, 5) is 29.4. The molecule has 0 saturated carbocycles. The first-order valence-corrected chi connectivity index (χ1v) is 9.62. The smallest absolute Gasteiger partial charge is 0.253 e. The third-order valence-corrected chi connectivity index (χ3v) is 5.38. The molecule has 1 atom stereocenters. The average Bonchev–Trinajstić information content (AvgIpc) is 2.67. The molecule has 0 bridgehead atoms. The second-order valence-electron chi connectivity index (χ2n) is 8.36. The Bertz CT molecular complexity index is 642. The molecule has 0 spiro atoms. The Morgan fingerprint density at radius 1 is 1.00 bits per heavy atom. The Morgan fingerprint density at radius 3 is 2.27 bits per heavy atom. The van der Waals surface area contributed by atoms with Crippen LogP contribution >= 0.6 is 0 Å². The summed E-state index contributed by atoms with van der Waals surface area (Å²) < 4.78 is 5.33. The summed E-state index contributed by atoms with van der Waals surface area (Å²) >= 11 is 0. The monoisotopic (exact) mass is 358 g/mol. The van der Waals surface area contributed by atoms with Gasteiger partial charge in [-0.25, -0.2) is 0 Å². The van der Waals surface area contributed by atoms with Crippen molar-refractivity contribution in [3.8, 4) is 0 Å². The average molecular weight is 358 g/mol. The molecule has 1 unspecified atom stereocenters. The van der Waals surface area contributed by atoms with Gasteiger partial charge in [0.25, 0.3) is 5.91 Å². The highest BCUT2D eigenvalue weighted by atomic mass is 16.5. The zero-order valence-electron chi connectivity index (χ0n) is 16.2. The number of nitrogens with zero attached hydrogens (tertiary/aromatic N) is 2. The van der Waals surface area contributed by atoms with E-state index >= 15 is 0 Å². The van der Waals surface area contributed by atoms with Gasteiger partial charge in [0.2, 0.25) is 5.91 Å². The minimum atomic E-state index is -0.0837. The Balaban J connectivity index is 1.65. The molecule has 0 aromatic heterocycles. The van der Waals surface area contributed by atoms with Crippen LogP contribution in [0.4, 0.5) is 0 Å². The number of benzene rings is 1. The van der Waals surface area contributed by atoms with Crippen LogP contribution in [0.25, 0.3) is 0 Å². The van der Waals surface area contributed by atoms with Crippen molar-refractivity contribution in [3.05, 3.63) is 35.4 Å². The van der Waals surface area contributed by atoms with Gasteiger partial charge in [-0.05, 0) is 36.0 Å². The zero-order valence-corrected chi connectivity index (χ0v) is 16.2. The molecule has 3 rings (SSSR count). The lowest BCUT2D eigenvalue weighted by Gasteiger charge is -2.36. The number of amides is 2. The predicted octanol–water partition coefficient (Wildman–Crippen LogP) is 2.70. The van der Waals surface area contributed by atoms with E-state index in [-0.39, 0.29) is 23.1 Å². The van der Waals surface area contributed by atoms with Crippen LogP contribution in [-0.2, 0) is 14.9 Å². The van der Waals surface area contributed by atoms with Gasteiger partial charge in [-0.1, -0.05) is 32.9 Å². The molecule has 2 saturated heterocycles. The lowest BCUT2D eigenvalue weighted by molar-refractivity contribution is -0.141. The van der Waals surface area contributed by atoms with Gasteiger partial charge in [0.15, 0.2) is 0 Å². The van der Waals surface area contributed by atoms with E-state index in [9.17, 15) is 9.59 Å².